The van der Waals surface area contributed by atoms with Crippen molar-refractivity contribution in [3.05, 3.63) is 0 Å². The molecule has 2 unspecified atom stereocenters. The number of hydrogen-bond donors (Lipinski definition) is 0. The van der Waals surface area contributed by atoms with Crippen molar-refractivity contribution in [2.75, 3.05) is 12.9 Å². The molecule has 0 aromatic carbocycles. The van der Waals surface area contributed by atoms with Crippen molar-refractivity contribution in [3.8, 4) is 0 Å². The topological polar surface area (TPSA) is 9.23 Å². The van der Waals surface area contributed by atoms with Crippen molar-refractivity contribution in [2.45, 2.75) is 62.7 Å². The largest absolute Gasteiger partial charge is 0.381 e. The Morgan fingerprint density at radius 2 is 1.73 bits per heavy atom. The lowest BCUT2D eigenvalue weighted by atomic mass is 9.92. The fourth-order valence-corrected chi connectivity index (χ4v) is 4.62. The van der Waals surface area contributed by atoms with Gasteiger partial charge in [0.05, 0.1) is 6.10 Å². The van der Waals surface area contributed by atoms with Crippen LogP contribution in [0.4, 0.5) is 0 Å². The van der Waals surface area contributed by atoms with E-state index in [9.17, 15) is 0 Å². The van der Waals surface area contributed by atoms with Crippen molar-refractivity contribution in [2.24, 2.45) is 5.92 Å². The molecule has 2 heteroatoms. The van der Waals surface area contributed by atoms with E-state index in [0.29, 0.717) is 6.10 Å². The number of hydrogen-bond acceptors (Lipinski definition) is 2. The van der Waals surface area contributed by atoms with Gasteiger partial charge in [0.25, 0.3) is 0 Å². The van der Waals surface area contributed by atoms with Crippen molar-refractivity contribution in [3.63, 3.8) is 0 Å². The smallest absolute Gasteiger partial charge is 0.0589 e. The minimum atomic E-state index is 0.555. The van der Waals surface area contributed by atoms with Crippen molar-refractivity contribution in [1.29, 1.82) is 0 Å². The zero-order chi connectivity index (χ0) is 10.5. The molecule has 0 amide bonds. The summed E-state index contributed by atoms with van der Waals surface area (Å²) in [5, 5.41) is 0.904. The van der Waals surface area contributed by atoms with Gasteiger partial charge in [-0.2, -0.15) is 11.8 Å². The third-order valence-corrected chi connectivity index (χ3v) is 5.50. The first-order valence-corrected chi connectivity index (χ1v) is 7.59. The Balaban J connectivity index is 1.84. The molecule has 1 aliphatic heterocycles. The van der Waals surface area contributed by atoms with E-state index in [1.54, 1.807) is 0 Å². The molecule has 0 spiro atoms. The van der Waals surface area contributed by atoms with Crippen LogP contribution in [-0.2, 0) is 4.74 Å². The monoisotopic (exact) mass is 228 g/mol. The van der Waals surface area contributed by atoms with E-state index in [-0.39, 0.29) is 0 Å². The predicted octanol–water partition coefficient (Wildman–Crippen LogP) is 3.87. The molecule has 2 aliphatic rings. The zero-order valence-corrected chi connectivity index (χ0v) is 10.7. The fraction of sp³-hybridized carbons (Fsp3) is 1.00. The van der Waals surface area contributed by atoms with Gasteiger partial charge >= 0.3 is 0 Å². The second-order valence-electron chi connectivity index (χ2n) is 5.04. The Hall–Kier alpha value is 0.310. The van der Waals surface area contributed by atoms with Gasteiger partial charge in [-0.15, -0.1) is 0 Å². The lowest BCUT2D eigenvalue weighted by Gasteiger charge is -2.33. The van der Waals surface area contributed by atoms with Gasteiger partial charge in [0.15, 0.2) is 0 Å². The molecule has 0 N–H and O–H groups in total. The Bertz CT molecular complexity index is 175. The van der Waals surface area contributed by atoms with Crippen molar-refractivity contribution < 1.29 is 4.74 Å². The van der Waals surface area contributed by atoms with Crippen LogP contribution in [0.15, 0.2) is 0 Å². The average Bonchev–Trinajstić information content (AvgIpc) is 2.58. The quantitative estimate of drug-likeness (QED) is 0.664. The lowest BCUT2D eigenvalue weighted by Crippen LogP contribution is -2.29. The first-order chi connectivity index (χ1) is 7.40. The van der Waals surface area contributed by atoms with Gasteiger partial charge in [-0.25, -0.2) is 0 Å². The maximum Gasteiger partial charge on any atom is 0.0589 e. The van der Waals surface area contributed by atoms with E-state index in [4.69, 9.17) is 4.74 Å². The maximum absolute atomic E-state index is 5.53. The molecule has 1 nitrogen and oxygen atoms in total. The fourth-order valence-electron chi connectivity index (χ4n) is 3.02. The summed E-state index contributed by atoms with van der Waals surface area (Å²) < 4.78 is 5.53. The van der Waals surface area contributed by atoms with Crippen LogP contribution in [0.5, 0.6) is 0 Å². The third kappa shape index (κ3) is 3.39. The number of methoxy groups -OCH3 is 1. The molecular weight excluding hydrogens is 204 g/mol. The normalized spacial score (nSPS) is 35.0. The lowest BCUT2D eigenvalue weighted by molar-refractivity contribution is 0.0845. The minimum Gasteiger partial charge on any atom is -0.381 e. The van der Waals surface area contributed by atoms with Crippen LogP contribution in [0.3, 0.4) is 0 Å². The van der Waals surface area contributed by atoms with Gasteiger partial charge in [0, 0.05) is 12.4 Å². The summed E-state index contributed by atoms with van der Waals surface area (Å²) in [6, 6.07) is 0. The highest BCUT2D eigenvalue weighted by molar-refractivity contribution is 7.99. The number of rotatable bonds is 2. The molecule has 88 valence electrons. The third-order valence-electron chi connectivity index (χ3n) is 4.03. The predicted molar refractivity (Wildman–Crippen MR) is 67.5 cm³/mol. The first-order valence-electron chi connectivity index (χ1n) is 6.54. The number of ether oxygens (including phenoxy) is 1. The summed E-state index contributed by atoms with van der Waals surface area (Å²) in [6.45, 7) is 0. The molecule has 15 heavy (non-hydrogen) atoms. The van der Waals surface area contributed by atoms with Crippen LogP contribution in [0, 0.1) is 5.92 Å². The SMILES string of the molecule is COC1CCSC(C2CCCCCC2)C1. The highest BCUT2D eigenvalue weighted by Crippen LogP contribution is 2.38. The highest BCUT2D eigenvalue weighted by Gasteiger charge is 2.29. The van der Waals surface area contributed by atoms with Gasteiger partial charge in [-0.1, -0.05) is 25.7 Å². The van der Waals surface area contributed by atoms with Crippen molar-refractivity contribution in [1.82, 2.24) is 0 Å². The second kappa shape index (κ2) is 6.15. The Kier molecular flexibility index (Phi) is 4.83. The van der Waals surface area contributed by atoms with Crippen LogP contribution >= 0.6 is 11.8 Å². The molecule has 2 rings (SSSR count). The standard InChI is InChI=1S/C13H24OS/c1-14-12-8-9-15-13(10-12)11-6-4-2-3-5-7-11/h11-13H,2-10H2,1H3. The molecule has 1 saturated carbocycles. The van der Waals surface area contributed by atoms with Gasteiger partial charge in [-0.05, 0) is 37.4 Å². The molecule has 1 aliphatic carbocycles. The summed E-state index contributed by atoms with van der Waals surface area (Å²) >= 11 is 2.22. The summed E-state index contributed by atoms with van der Waals surface area (Å²) in [5.41, 5.74) is 0. The van der Waals surface area contributed by atoms with Gasteiger partial charge in [-0.3, -0.25) is 0 Å². The Labute approximate surface area is 98.3 Å². The first kappa shape index (κ1) is 11.8. The minimum absolute atomic E-state index is 0.555. The van der Waals surface area contributed by atoms with Gasteiger partial charge < -0.3 is 4.74 Å². The van der Waals surface area contributed by atoms with E-state index in [1.165, 1.54) is 57.1 Å². The Morgan fingerprint density at radius 1 is 1.00 bits per heavy atom. The van der Waals surface area contributed by atoms with Gasteiger partial charge in [0.2, 0.25) is 0 Å². The molecule has 0 bridgehead atoms. The van der Waals surface area contributed by atoms with Crippen LogP contribution in [-0.4, -0.2) is 24.2 Å². The second-order valence-corrected chi connectivity index (χ2v) is 6.39. The molecule has 2 atom stereocenters. The zero-order valence-electron chi connectivity index (χ0n) is 9.91. The van der Waals surface area contributed by atoms with Crippen molar-refractivity contribution >= 4 is 11.8 Å². The van der Waals surface area contributed by atoms with E-state index in [2.05, 4.69) is 11.8 Å². The van der Waals surface area contributed by atoms with Gasteiger partial charge in [0.1, 0.15) is 0 Å². The van der Waals surface area contributed by atoms with Crippen LogP contribution in [0.2, 0.25) is 0 Å². The maximum atomic E-state index is 5.53. The Morgan fingerprint density at radius 3 is 2.40 bits per heavy atom. The molecule has 0 radical (unpaired) electrons. The summed E-state index contributed by atoms with van der Waals surface area (Å²) in [6.07, 6.45) is 12.0. The average molecular weight is 228 g/mol. The van der Waals surface area contributed by atoms with E-state index < -0.39 is 0 Å². The molecule has 1 saturated heterocycles. The van der Waals surface area contributed by atoms with E-state index in [1.807, 2.05) is 7.11 Å². The van der Waals surface area contributed by atoms with Crippen LogP contribution in [0.25, 0.3) is 0 Å². The molecule has 0 aromatic rings. The summed E-state index contributed by atoms with van der Waals surface area (Å²) in [4.78, 5) is 0. The number of thioether (sulfide) groups is 1. The molecule has 2 fully saturated rings. The van der Waals surface area contributed by atoms with Crippen LogP contribution in [0.1, 0.15) is 51.4 Å². The summed E-state index contributed by atoms with van der Waals surface area (Å²) in [7, 11) is 1.88. The van der Waals surface area contributed by atoms with Crippen LogP contribution < -0.4 is 0 Å². The molecule has 0 aromatic heterocycles. The highest BCUT2D eigenvalue weighted by atomic mass is 32.2. The van der Waals surface area contributed by atoms with E-state index >= 15 is 0 Å². The summed E-state index contributed by atoms with van der Waals surface area (Å²) in [5.74, 6) is 2.31. The molecular formula is C13H24OS. The van der Waals surface area contributed by atoms with E-state index in [0.717, 1.165) is 11.2 Å². The molecule has 1 heterocycles.